The van der Waals surface area contributed by atoms with E-state index in [9.17, 15) is 13.2 Å². The molecule has 2 aromatic rings. The number of allylic oxidation sites excluding steroid dienone is 3. The highest BCUT2D eigenvalue weighted by molar-refractivity contribution is 6.32. The van der Waals surface area contributed by atoms with Gasteiger partial charge in [-0.05, 0) is 50.1 Å². The van der Waals surface area contributed by atoms with Gasteiger partial charge in [0.05, 0.1) is 12.1 Å². The van der Waals surface area contributed by atoms with Crippen molar-refractivity contribution in [1.82, 2.24) is 14.8 Å². The van der Waals surface area contributed by atoms with Crippen molar-refractivity contribution in [3.63, 3.8) is 0 Å². The number of hydrazine groups is 1. The Morgan fingerprint density at radius 1 is 1.29 bits per heavy atom. The Morgan fingerprint density at radius 3 is 2.48 bits per heavy atom. The number of aryl methyl sites for hydroxylation is 1. The van der Waals surface area contributed by atoms with Crippen LogP contribution in [0, 0.1) is 6.92 Å². The largest absolute Gasteiger partial charge is 0.497 e. The van der Waals surface area contributed by atoms with Gasteiger partial charge in [0.2, 0.25) is 5.88 Å². The lowest BCUT2D eigenvalue weighted by atomic mass is 10.1. The Bertz CT molecular complexity index is 1100. The van der Waals surface area contributed by atoms with Gasteiger partial charge in [-0.1, -0.05) is 25.1 Å². The first-order chi connectivity index (χ1) is 14.5. The smallest absolute Gasteiger partial charge is 0.435 e. The van der Waals surface area contributed by atoms with E-state index in [1.165, 1.54) is 19.0 Å². The van der Waals surface area contributed by atoms with Gasteiger partial charge in [0, 0.05) is 11.3 Å². The zero-order valence-electron chi connectivity index (χ0n) is 17.5. The van der Waals surface area contributed by atoms with Gasteiger partial charge < -0.3 is 9.47 Å². The van der Waals surface area contributed by atoms with Gasteiger partial charge in [0.15, 0.2) is 5.69 Å². The molecule has 1 aliphatic heterocycles. The maximum Gasteiger partial charge on any atom is 0.435 e. The van der Waals surface area contributed by atoms with E-state index in [2.05, 4.69) is 11.7 Å². The summed E-state index contributed by atoms with van der Waals surface area (Å²) in [6, 6.07) is 6.03. The van der Waals surface area contributed by atoms with Crippen LogP contribution in [0.3, 0.4) is 0 Å². The highest BCUT2D eigenvalue weighted by Gasteiger charge is 2.37. The maximum absolute atomic E-state index is 13.2. The monoisotopic (exact) mass is 454 g/mol. The summed E-state index contributed by atoms with van der Waals surface area (Å²) in [5.41, 5.74) is 1.01. The Hall–Kier alpha value is -2.91. The van der Waals surface area contributed by atoms with Crippen LogP contribution in [0.15, 0.2) is 48.1 Å². The van der Waals surface area contributed by atoms with Crippen molar-refractivity contribution in [1.29, 1.82) is 0 Å². The Morgan fingerprint density at radius 2 is 1.97 bits per heavy atom. The van der Waals surface area contributed by atoms with E-state index in [-0.39, 0.29) is 17.3 Å². The molecule has 31 heavy (non-hydrogen) atoms. The van der Waals surface area contributed by atoms with Crippen LogP contribution in [0.5, 0.6) is 5.75 Å². The summed E-state index contributed by atoms with van der Waals surface area (Å²) >= 11 is 6.40. The third kappa shape index (κ3) is 4.15. The number of methoxy groups -OCH3 is 1. The van der Waals surface area contributed by atoms with Crippen molar-refractivity contribution in [3.8, 4) is 5.75 Å². The molecule has 0 fully saturated rings. The summed E-state index contributed by atoms with van der Waals surface area (Å²) in [5.74, 6) is 7.45. The number of ether oxygens (including phenoxy) is 2. The summed E-state index contributed by atoms with van der Waals surface area (Å²) in [6.07, 6.45) is -4.15. The first-order valence-corrected chi connectivity index (χ1v) is 9.71. The van der Waals surface area contributed by atoms with Crippen molar-refractivity contribution >= 4 is 23.0 Å². The molecule has 0 saturated heterocycles. The molecule has 0 unspecified atom stereocenters. The normalized spacial score (nSPS) is 16.0. The Kier molecular flexibility index (Phi) is 6.11. The minimum atomic E-state index is -4.59. The molecule has 0 atom stereocenters. The predicted molar refractivity (Wildman–Crippen MR) is 112 cm³/mol. The van der Waals surface area contributed by atoms with Crippen LogP contribution in [0.1, 0.15) is 37.2 Å². The summed E-state index contributed by atoms with van der Waals surface area (Å²) < 4.78 is 51.9. The molecule has 6 nitrogen and oxygen atoms in total. The molecular formula is C21H22ClF3N4O2. The molecule has 0 aliphatic carbocycles. The summed E-state index contributed by atoms with van der Waals surface area (Å²) in [7, 11) is 1.52. The third-order valence-electron chi connectivity index (χ3n) is 4.83. The highest BCUT2D eigenvalue weighted by Crippen LogP contribution is 2.41. The first kappa shape index (κ1) is 22.8. The molecule has 1 aromatic carbocycles. The molecule has 166 valence electrons. The van der Waals surface area contributed by atoms with Crippen LogP contribution >= 0.6 is 11.6 Å². The molecule has 1 aromatic heterocycles. The first-order valence-electron chi connectivity index (χ1n) is 9.33. The predicted octanol–water partition coefficient (Wildman–Crippen LogP) is 5.56. The van der Waals surface area contributed by atoms with Gasteiger partial charge >= 0.3 is 6.18 Å². The Balaban J connectivity index is 2.15. The van der Waals surface area contributed by atoms with Crippen LogP contribution in [0.2, 0.25) is 5.02 Å². The number of benzene rings is 1. The summed E-state index contributed by atoms with van der Waals surface area (Å²) in [6.45, 7) is 9.01. The van der Waals surface area contributed by atoms with E-state index < -0.39 is 11.9 Å². The van der Waals surface area contributed by atoms with Gasteiger partial charge in [-0.3, -0.25) is 0 Å². The molecule has 2 heterocycles. The maximum atomic E-state index is 13.2. The van der Waals surface area contributed by atoms with Crippen molar-refractivity contribution < 1.29 is 22.6 Å². The minimum Gasteiger partial charge on any atom is -0.497 e. The van der Waals surface area contributed by atoms with Crippen molar-refractivity contribution in [2.45, 2.75) is 33.4 Å². The molecule has 0 saturated carbocycles. The lowest BCUT2D eigenvalue weighted by Crippen LogP contribution is -2.28. The fourth-order valence-electron chi connectivity index (χ4n) is 3.21. The van der Waals surface area contributed by atoms with Crippen LogP contribution in [0.4, 0.5) is 13.2 Å². The van der Waals surface area contributed by atoms with E-state index in [1.54, 1.807) is 25.1 Å². The number of hydrogen-bond donors (Lipinski definition) is 1. The van der Waals surface area contributed by atoms with Gasteiger partial charge in [-0.2, -0.15) is 18.3 Å². The average Bonchev–Trinajstić information content (AvgIpc) is 3.22. The topological polar surface area (TPSA) is 65.5 Å². The van der Waals surface area contributed by atoms with Crippen molar-refractivity contribution in [2.24, 2.45) is 5.84 Å². The number of nitrogens with two attached hydrogens (primary N) is 1. The standard InChI is InChI=1S/C21H22ClF3N4O2/c1-6-11(2)18(29-12(3)9-17(27-29)21(23,24)25)20-28(26)19(13(4)31-20)15-8-7-14(30-5)10-16(15)22/h7-10H,2,6,26H2,1,3-5H3/b20-18-. The van der Waals surface area contributed by atoms with E-state index in [1.807, 2.05) is 6.92 Å². The second-order valence-electron chi connectivity index (χ2n) is 6.91. The zero-order valence-corrected chi connectivity index (χ0v) is 18.2. The molecular weight excluding hydrogens is 433 g/mol. The number of hydrogen-bond acceptors (Lipinski definition) is 5. The van der Waals surface area contributed by atoms with Crippen molar-refractivity contribution in [2.75, 3.05) is 7.11 Å². The number of aromatic nitrogens is 2. The second-order valence-corrected chi connectivity index (χ2v) is 7.32. The zero-order chi connectivity index (χ0) is 23.1. The third-order valence-corrected chi connectivity index (χ3v) is 5.14. The number of alkyl halides is 3. The quantitative estimate of drug-likeness (QED) is 0.599. The molecule has 1 aliphatic rings. The minimum absolute atomic E-state index is 0.103. The number of nitrogens with zero attached hydrogens (tertiary/aromatic N) is 3. The van der Waals surface area contributed by atoms with Crippen LogP contribution in [0.25, 0.3) is 11.4 Å². The number of rotatable bonds is 5. The average molecular weight is 455 g/mol. The van der Waals surface area contributed by atoms with Gasteiger partial charge in [0.1, 0.15) is 22.9 Å². The molecule has 0 amide bonds. The summed E-state index contributed by atoms with van der Waals surface area (Å²) in [5, 5.41) is 5.36. The lowest BCUT2D eigenvalue weighted by molar-refractivity contribution is -0.141. The second kappa shape index (κ2) is 8.32. The lowest BCUT2D eigenvalue weighted by Gasteiger charge is -2.21. The van der Waals surface area contributed by atoms with E-state index in [0.29, 0.717) is 39.8 Å². The molecule has 0 spiro atoms. The molecule has 2 N–H and O–H groups in total. The van der Waals surface area contributed by atoms with E-state index >= 15 is 0 Å². The van der Waals surface area contributed by atoms with Gasteiger partial charge in [-0.15, -0.1) is 0 Å². The molecule has 0 bridgehead atoms. The van der Waals surface area contributed by atoms with Gasteiger partial charge in [0.25, 0.3) is 0 Å². The fourth-order valence-corrected chi connectivity index (χ4v) is 3.47. The van der Waals surface area contributed by atoms with Crippen LogP contribution < -0.4 is 10.6 Å². The molecule has 10 heteroatoms. The SMILES string of the molecule is C=C(CC)/C(=C1/OC(C)=C(c2ccc(OC)cc2Cl)N1N)n1nc(C(F)(F)F)cc1C. The number of halogens is 4. The Labute approximate surface area is 182 Å². The highest BCUT2D eigenvalue weighted by atomic mass is 35.5. The molecule has 0 radical (unpaired) electrons. The van der Waals surface area contributed by atoms with Crippen molar-refractivity contribution in [3.05, 3.63) is 70.0 Å². The van der Waals surface area contributed by atoms with Crippen LogP contribution in [-0.4, -0.2) is 21.9 Å². The van der Waals surface area contributed by atoms with E-state index in [0.717, 1.165) is 10.7 Å². The van der Waals surface area contributed by atoms with Gasteiger partial charge in [-0.25, -0.2) is 15.5 Å². The summed E-state index contributed by atoms with van der Waals surface area (Å²) in [4.78, 5) is 0. The molecule has 3 rings (SSSR count). The fraction of sp³-hybridized carbons (Fsp3) is 0.286. The van der Waals surface area contributed by atoms with Crippen LogP contribution in [-0.2, 0) is 10.9 Å². The van der Waals surface area contributed by atoms with E-state index in [4.69, 9.17) is 26.9 Å².